The van der Waals surface area contributed by atoms with Crippen LogP contribution in [0.2, 0.25) is 0 Å². The van der Waals surface area contributed by atoms with Gasteiger partial charge in [0.2, 0.25) is 0 Å². The van der Waals surface area contributed by atoms with Crippen molar-refractivity contribution in [3.63, 3.8) is 0 Å². The Morgan fingerprint density at radius 3 is 3.05 bits per heavy atom. The summed E-state index contributed by atoms with van der Waals surface area (Å²) in [7, 11) is 0. The van der Waals surface area contributed by atoms with Gasteiger partial charge < -0.3 is 10.1 Å². The third kappa shape index (κ3) is 2.99. The fourth-order valence-corrected chi connectivity index (χ4v) is 3.74. The van der Waals surface area contributed by atoms with Gasteiger partial charge >= 0.3 is 0 Å². The van der Waals surface area contributed by atoms with Crippen LogP contribution in [0.5, 0.6) is 5.75 Å². The van der Waals surface area contributed by atoms with Gasteiger partial charge in [-0.25, -0.2) is 0 Å². The summed E-state index contributed by atoms with van der Waals surface area (Å²) < 4.78 is 5.88. The van der Waals surface area contributed by atoms with E-state index in [2.05, 4.69) is 41.4 Å². The lowest BCUT2D eigenvalue weighted by Crippen LogP contribution is -2.40. The zero-order valence-corrected chi connectivity index (χ0v) is 12.5. The van der Waals surface area contributed by atoms with E-state index < -0.39 is 0 Å². The summed E-state index contributed by atoms with van der Waals surface area (Å²) in [4.78, 5) is 2.59. The van der Waals surface area contributed by atoms with Gasteiger partial charge in [0.25, 0.3) is 0 Å². The highest BCUT2D eigenvalue weighted by Gasteiger charge is 2.35. The second-order valence-electron chi connectivity index (χ2n) is 6.34. The Labute approximate surface area is 122 Å². The van der Waals surface area contributed by atoms with Crippen molar-refractivity contribution in [3.05, 3.63) is 29.8 Å². The maximum atomic E-state index is 5.88. The number of para-hydroxylation sites is 1. The van der Waals surface area contributed by atoms with Gasteiger partial charge in [-0.2, -0.15) is 0 Å². The van der Waals surface area contributed by atoms with E-state index >= 15 is 0 Å². The van der Waals surface area contributed by atoms with Crippen LogP contribution < -0.4 is 10.1 Å². The smallest absolute Gasteiger partial charge is 0.123 e. The van der Waals surface area contributed by atoms with Gasteiger partial charge in [0.1, 0.15) is 12.4 Å². The first kappa shape index (κ1) is 13.9. The number of hydrogen-bond acceptors (Lipinski definition) is 3. The molecule has 3 rings (SSSR count). The van der Waals surface area contributed by atoms with Crippen LogP contribution in [0.4, 0.5) is 0 Å². The first-order chi connectivity index (χ1) is 9.81. The van der Waals surface area contributed by atoms with Gasteiger partial charge in [-0.1, -0.05) is 31.5 Å². The van der Waals surface area contributed by atoms with Gasteiger partial charge in [-0.3, -0.25) is 4.90 Å². The first-order valence-electron chi connectivity index (χ1n) is 7.95. The summed E-state index contributed by atoms with van der Waals surface area (Å²) in [5, 5.41) is 3.56. The molecule has 0 bridgehead atoms. The number of ether oxygens (including phenoxy) is 1. The summed E-state index contributed by atoms with van der Waals surface area (Å²) >= 11 is 0. The molecule has 20 heavy (non-hydrogen) atoms. The summed E-state index contributed by atoms with van der Waals surface area (Å²) in [5.74, 6) is 1.07. The average molecular weight is 274 g/mol. The highest BCUT2D eigenvalue weighted by molar-refractivity contribution is 5.33. The van der Waals surface area contributed by atoms with E-state index in [9.17, 15) is 0 Å². The number of rotatable bonds is 4. The maximum Gasteiger partial charge on any atom is 0.123 e. The summed E-state index contributed by atoms with van der Waals surface area (Å²) in [6, 6.07) is 8.48. The number of benzene rings is 1. The van der Waals surface area contributed by atoms with Crippen molar-refractivity contribution in [2.75, 3.05) is 32.8 Å². The van der Waals surface area contributed by atoms with Gasteiger partial charge in [-0.15, -0.1) is 0 Å². The van der Waals surface area contributed by atoms with Crippen molar-refractivity contribution in [2.24, 2.45) is 5.41 Å². The van der Waals surface area contributed by atoms with Crippen LogP contribution >= 0.6 is 0 Å². The van der Waals surface area contributed by atoms with E-state index in [0.29, 0.717) is 5.41 Å². The molecule has 0 aliphatic carbocycles. The molecular weight excluding hydrogens is 248 g/mol. The topological polar surface area (TPSA) is 24.5 Å². The Hall–Kier alpha value is -1.06. The molecule has 3 heteroatoms. The Kier molecular flexibility index (Phi) is 4.27. The quantitative estimate of drug-likeness (QED) is 0.913. The van der Waals surface area contributed by atoms with Crippen molar-refractivity contribution in [3.8, 4) is 5.75 Å². The van der Waals surface area contributed by atoms with E-state index in [1.807, 2.05) is 0 Å². The average Bonchev–Trinajstić information content (AvgIpc) is 2.80. The normalized spacial score (nSPS) is 26.9. The lowest BCUT2D eigenvalue weighted by Gasteiger charge is -2.34. The van der Waals surface area contributed by atoms with E-state index in [1.165, 1.54) is 44.5 Å². The lowest BCUT2D eigenvalue weighted by atomic mass is 9.82. The molecule has 0 radical (unpaired) electrons. The number of nitrogens with one attached hydrogen (secondary N) is 1. The largest absolute Gasteiger partial charge is 0.492 e. The maximum absolute atomic E-state index is 5.88. The minimum Gasteiger partial charge on any atom is -0.492 e. The molecule has 1 aromatic rings. The molecule has 0 spiro atoms. The fraction of sp³-hybridized carbons (Fsp3) is 0.647. The summed E-state index contributed by atoms with van der Waals surface area (Å²) in [6.45, 7) is 8.75. The molecule has 1 atom stereocenters. The van der Waals surface area contributed by atoms with Crippen LogP contribution in [0.1, 0.15) is 31.7 Å². The Balaban J connectivity index is 1.71. The molecule has 0 amide bonds. The lowest BCUT2D eigenvalue weighted by molar-refractivity contribution is 0.137. The molecule has 1 saturated heterocycles. The van der Waals surface area contributed by atoms with E-state index in [4.69, 9.17) is 4.74 Å². The van der Waals surface area contributed by atoms with Gasteiger partial charge in [-0.05, 0) is 30.9 Å². The SMILES string of the molecule is CCCC1(CN2CCOc3ccccc3C2)CCNC1. The van der Waals surface area contributed by atoms with Crippen LogP contribution in [-0.2, 0) is 6.54 Å². The molecule has 2 aliphatic rings. The van der Waals surface area contributed by atoms with Crippen LogP contribution in [0.15, 0.2) is 24.3 Å². The minimum absolute atomic E-state index is 0.480. The highest BCUT2D eigenvalue weighted by atomic mass is 16.5. The fourth-order valence-electron chi connectivity index (χ4n) is 3.74. The number of nitrogens with zero attached hydrogens (tertiary/aromatic N) is 1. The summed E-state index contributed by atoms with van der Waals surface area (Å²) in [6.07, 6.45) is 3.93. The summed E-state index contributed by atoms with van der Waals surface area (Å²) in [5.41, 5.74) is 1.82. The highest BCUT2D eigenvalue weighted by Crippen LogP contribution is 2.33. The molecule has 110 valence electrons. The second-order valence-corrected chi connectivity index (χ2v) is 6.34. The van der Waals surface area contributed by atoms with Gasteiger partial charge in [0, 0.05) is 31.7 Å². The van der Waals surface area contributed by atoms with Crippen molar-refractivity contribution in [1.82, 2.24) is 10.2 Å². The monoisotopic (exact) mass is 274 g/mol. The molecule has 0 saturated carbocycles. The number of hydrogen-bond donors (Lipinski definition) is 1. The molecule has 1 N–H and O–H groups in total. The standard InChI is InChI=1S/C17H26N2O/c1-2-7-17(8-9-18-13-17)14-19-10-11-20-16-6-4-3-5-15(16)12-19/h3-6,18H,2,7-14H2,1H3. The Morgan fingerprint density at radius 2 is 2.25 bits per heavy atom. The van der Waals surface area contributed by atoms with E-state index in [-0.39, 0.29) is 0 Å². The molecule has 2 heterocycles. The van der Waals surface area contributed by atoms with Crippen LogP contribution in [0.3, 0.4) is 0 Å². The van der Waals surface area contributed by atoms with Crippen LogP contribution in [-0.4, -0.2) is 37.7 Å². The third-order valence-corrected chi connectivity index (χ3v) is 4.70. The predicted octanol–water partition coefficient (Wildman–Crippen LogP) is 2.66. The Morgan fingerprint density at radius 1 is 1.35 bits per heavy atom. The van der Waals surface area contributed by atoms with Gasteiger partial charge in [0.05, 0.1) is 0 Å². The van der Waals surface area contributed by atoms with Gasteiger partial charge in [0.15, 0.2) is 0 Å². The molecule has 2 aliphatic heterocycles. The molecular formula is C17H26N2O. The minimum atomic E-state index is 0.480. The molecule has 1 fully saturated rings. The zero-order chi connectivity index (χ0) is 13.8. The number of fused-ring (bicyclic) bond motifs is 1. The van der Waals surface area contributed by atoms with Crippen LogP contribution in [0, 0.1) is 5.41 Å². The van der Waals surface area contributed by atoms with Crippen molar-refractivity contribution in [1.29, 1.82) is 0 Å². The Bertz CT molecular complexity index is 440. The second kappa shape index (κ2) is 6.15. The molecule has 1 unspecified atom stereocenters. The van der Waals surface area contributed by atoms with E-state index in [0.717, 1.165) is 25.4 Å². The van der Waals surface area contributed by atoms with Crippen molar-refractivity contribution in [2.45, 2.75) is 32.7 Å². The molecule has 3 nitrogen and oxygen atoms in total. The predicted molar refractivity (Wildman–Crippen MR) is 82.0 cm³/mol. The first-order valence-corrected chi connectivity index (χ1v) is 7.95. The van der Waals surface area contributed by atoms with Crippen LogP contribution in [0.25, 0.3) is 0 Å². The van der Waals surface area contributed by atoms with Crippen molar-refractivity contribution < 1.29 is 4.74 Å². The zero-order valence-electron chi connectivity index (χ0n) is 12.5. The third-order valence-electron chi connectivity index (χ3n) is 4.70. The molecule has 1 aromatic carbocycles. The van der Waals surface area contributed by atoms with Crippen molar-refractivity contribution >= 4 is 0 Å². The van der Waals surface area contributed by atoms with E-state index in [1.54, 1.807) is 0 Å². The molecule has 0 aromatic heterocycles.